The lowest BCUT2D eigenvalue weighted by Crippen LogP contribution is -2.24. The van der Waals surface area contributed by atoms with E-state index in [2.05, 4.69) is 10.3 Å². The third kappa shape index (κ3) is 4.15. The number of rotatable bonds is 5. The van der Waals surface area contributed by atoms with Crippen LogP contribution in [0.15, 0.2) is 53.3 Å². The number of hydrogen-bond donors (Lipinski definition) is 2. The molecule has 0 saturated heterocycles. The van der Waals surface area contributed by atoms with Crippen LogP contribution in [0.25, 0.3) is 10.9 Å². The highest BCUT2D eigenvalue weighted by atomic mass is 16.1. The zero-order chi connectivity index (χ0) is 17.8. The lowest BCUT2D eigenvalue weighted by molar-refractivity contribution is -0.121. The number of pyridine rings is 1. The first-order valence-corrected chi connectivity index (χ1v) is 8.47. The zero-order valence-corrected chi connectivity index (χ0v) is 14.6. The molecule has 0 fully saturated rings. The number of aryl methyl sites for hydroxylation is 3. The highest BCUT2D eigenvalue weighted by Gasteiger charge is 2.07. The van der Waals surface area contributed by atoms with Crippen molar-refractivity contribution in [2.75, 3.05) is 0 Å². The lowest BCUT2D eigenvalue weighted by atomic mass is 10.1. The number of amides is 1. The van der Waals surface area contributed by atoms with Crippen LogP contribution in [0.3, 0.4) is 0 Å². The third-order valence-electron chi connectivity index (χ3n) is 4.44. The van der Waals surface area contributed by atoms with Crippen molar-refractivity contribution < 1.29 is 4.79 Å². The summed E-state index contributed by atoms with van der Waals surface area (Å²) in [5, 5.41) is 3.92. The van der Waals surface area contributed by atoms with Crippen LogP contribution in [0.4, 0.5) is 0 Å². The molecule has 0 bridgehead atoms. The van der Waals surface area contributed by atoms with E-state index in [9.17, 15) is 9.59 Å². The molecule has 4 nitrogen and oxygen atoms in total. The van der Waals surface area contributed by atoms with E-state index in [1.165, 1.54) is 0 Å². The lowest BCUT2D eigenvalue weighted by Gasteiger charge is -2.08. The predicted molar refractivity (Wildman–Crippen MR) is 101 cm³/mol. The molecule has 0 radical (unpaired) electrons. The van der Waals surface area contributed by atoms with Gasteiger partial charge in [-0.2, -0.15) is 0 Å². The molecule has 25 heavy (non-hydrogen) atoms. The van der Waals surface area contributed by atoms with Crippen LogP contribution >= 0.6 is 0 Å². The fourth-order valence-electron chi connectivity index (χ4n) is 2.90. The van der Waals surface area contributed by atoms with Gasteiger partial charge in [0.2, 0.25) is 5.91 Å². The van der Waals surface area contributed by atoms with Crippen molar-refractivity contribution in [3.63, 3.8) is 0 Å². The van der Waals surface area contributed by atoms with Gasteiger partial charge in [0, 0.05) is 24.0 Å². The molecule has 4 heteroatoms. The Morgan fingerprint density at radius 2 is 1.84 bits per heavy atom. The minimum atomic E-state index is -0.122. The molecule has 0 unspecified atom stereocenters. The summed E-state index contributed by atoms with van der Waals surface area (Å²) in [4.78, 5) is 27.2. The van der Waals surface area contributed by atoms with Crippen LogP contribution < -0.4 is 10.9 Å². The van der Waals surface area contributed by atoms with Crippen LogP contribution in [0.1, 0.15) is 28.7 Å². The van der Waals surface area contributed by atoms with E-state index in [4.69, 9.17) is 0 Å². The van der Waals surface area contributed by atoms with Crippen molar-refractivity contribution in [3.8, 4) is 0 Å². The largest absolute Gasteiger partial charge is 0.352 e. The zero-order valence-electron chi connectivity index (χ0n) is 14.6. The van der Waals surface area contributed by atoms with Crippen molar-refractivity contribution >= 4 is 16.8 Å². The number of fused-ring (bicyclic) bond motifs is 1. The van der Waals surface area contributed by atoms with Crippen LogP contribution in [0, 0.1) is 13.8 Å². The average Bonchev–Trinajstić information content (AvgIpc) is 2.59. The van der Waals surface area contributed by atoms with E-state index in [1.807, 2.05) is 62.4 Å². The average molecular weight is 334 g/mol. The van der Waals surface area contributed by atoms with Gasteiger partial charge in [-0.05, 0) is 55.0 Å². The van der Waals surface area contributed by atoms with E-state index >= 15 is 0 Å². The van der Waals surface area contributed by atoms with Crippen LogP contribution in [0.2, 0.25) is 0 Å². The number of aromatic amines is 1. The smallest absolute Gasteiger partial charge is 0.251 e. The van der Waals surface area contributed by atoms with E-state index in [1.54, 1.807) is 0 Å². The van der Waals surface area contributed by atoms with Gasteiger partial charge in [0.25, 0.3) is 5.56 Å². The van der Waals surface area contributed by atoms with Crippen molar-refractivity contribution in [3.05, 3.63) is 81.1 Å². The van der Waals surface area contributed by atoms with Gasteiger partial charge < -0.3 is 10.3 Å². The number of H-pyrrole nitrogens is 1. The second-order valence-electron chi connectivity index (χ2n) is 6.42. The molecule has 0 aliphatic heterocycles. The van der Waals surface area contributed by atoms with E-state index in [0.717, 1.165) is 27.6 Å². The molecule has 1 heterocycles. The maximum Gasteiger partial charge on any atom is 0.251 e. The predicted octanol–water partition coefficient (Wildman–Crippen LogP) is 3.39. The number of carbonyl (C=O) groups is 1. The van der Waals surface area contributed by atoms with Crippen LogP contribution in [0.5, 0.6) is 0 Å². The van der Waals surface area contributed by atoms with Gasteiger partial charge in [-0.15, -0.1) is 0 Å². The summed E-state index contributed by atoms with van der Waals surface area (Å²) in [6, 6.07) is 15.8. The highest BCUT2D eigenvalue weighted by Crippen LogP contribution is 2.14. The van der Waals surface area contributed by atoms with Crippen molar-refractivity contribution in [1.82, 2.24) is 10.3 Å². The van der Waals surface area contributed by atoms with Crippen LogP contribution in [-0.2, 0) is 17.8 Å². The van der Waals surface area contributed by atoms with E-state index in [0.29, 0.717) is 24.9 Å². The minimum absolute atomic E-state index is 0.0491. The molecule has 1 amide bonds. The molecular formula is C21H22N2O2. The Hall–Kier alpha value is -2.88. The van der Waals surface area contributed by atoms with Gasteiger partial charge in [0.1, 0.15) is 0 Å². The van der Waals surface area contributed by atoms with Crippen molar-refractivity contribution in [2.45, 2.75) is 33.2 Å². The topological polar surface area (TPSA) is 62.0 Å². The standard InChI is InChI=1S/C21H22N2O2/c1-14-7-9-19-18(11-14)12-16(21(25)23-19)8-10-20(24)22-13-17-6-4-3-5-15(17)2/h3-7,9,11-12H,8,10,13H2,1-2H3,(H,22,24)(H,23,25). The van der Waals surface area contributed by atoms with Gasteiger partial charge in [-0.3, -0.25) is 9.59 Å². The van der Waals surface area contributed by atoms with Crippen molar-refractivity contribution in [1.29, 1.82) is 0 Å². The first kappa shape index (κ1) is 17.0. The molecule has 2 N–H and O–H groups in total. The monoisotopic (exact) mass is 334 g/mol. The normalized spacial score (nSPS) is 10.8. The Kier molecular flexibility index (Phi) is 4.98. The second kappa shape index (κ2) is 7.34. The van der Waals surface area contributed by atoms with E-state index < -0.39 is 0 Å². The molecule has 128 valence electrons. The summed E-state index contributed by atoms with van der Waals surface area (Å²) in [6.07, 6.45) is 0.727. The summed E-state index contributed by atoms with van der Waals surface area (Å²) < 4.78 is 0. The van der Waals surface area contributed by atoms with Gasteiger partial charge in [-0.1, -0.05) is 35.9 Å². The Bertz CT molecular complexity index is 973. The summed E-state index contributed by atoms with van der Waals surface area (Å²) in [5.41, 5.74) is 4.75. The molecule has 2 aromatic carbocycles. The molecule has 1 aromatic heterocycles. The Morgan fingerprint density at radius 3 is 2.64 bits per heavy atom. The maximum atomic E-state index is 12.2. The molecule has 3 rings (SSSR count). The van der Waals surface area contributed by atoms with Crippen molar-refractivity contribution in [2.24, 2.45) is 0 Å². The molecule has 0 aliphatic rings. The maximum absolute atomic E-state index is 12.2. The molecule has 0 saturated carbocycles. The first-order valence-electron chi connectivity index (χ1n) is 8.47. The first-order chi connectivity index (χ1) is 12.0. The number of hydrogen-bond acceptors (Lipinski definition) is 2. The summed E-state index contributed by atoms with van der Waals surface area (Å²) >= 11 is 0. The van der Waals surface area contributed by atoms with Gasteiger partial charge >= 0.3 is 0 Å². The van der Waals surface area contributed by atoms with Gasteiger partial charge in [0.15, 0.2) is 0 Å². The molecule has 0 spiro atoms. The third-order valence-corrected chi connectivity index (χ3v) is 4.44. The summed E-state index contributed by atoms with van der Waals surface area (Å²) in [5.74, 6) is -0.0491. The Balaban J connectivity index is 1.64. The second-order valence-corrected chi connectivity index (χ2v) is 6.42. The van der Waals surface area contributed by atoms with Gasteiger partial charge in [0.05, 0.1) is 0 Å². The molecular weight excluding hydrogens is 312 g/mol. The summed E-state index contributed by atoms with van der Waals surface area (Å²) in [6.45, 7) is 4.56. The molecule has 3 aromatic rings. The number of nitrogens with one attached hydrogen (secondary N) is 2. The Morgan fingerprint density at radius 1 is 1.04 bits per heavy atom. The minimum Gasteiger partial charge on any atom is -0.352 e. The number of carbonyl (C=O) groups excluding carboxylic acids is 1. The van der Waals surface area contributed by atoms with Gasteiger partial charge in [-0.25, -0.2) is 0 Å². The Labute approximate surface area is 146 Å². The quantitative estimate of drug-likeness (QED) is 0.751. The fourth-order valence-corrected chi connectivity index (χ4v) is 2.90. The number of aromatic nitrogens is 1. The fraction of sp³-hybridized carbons (Fsp3) is 0.238. The highest BCUT2D eigenvalue weighted by molar-refractivity contribution is 5.80. The van der Waals surface area contributed by atoms with Crippen LogP contribution in [-0.4, -0.2) is 10.9 Å². The summed E-state index contributed by atoms with van der Waals surface area (Å²) in [7, 11) is 0. The van der Waals surface area contributed by atoms with E-state index in [-0.39, 0.29) is 11.5 Å². The molecule has 0 atom stereocenters. The number of benzene rings is 2. The SMILES string of the molecule is Cc1ccc2[nH]c(=O)c(CCC(=O)NCc3ccccc3C)cc2c1. The molecule has 0 aliphatic carbocycles.